The number of aliphatic hydroxyl groups is 1. The van der Waals surface area contributed by atoms with Gasteiger partial charge in [-0.3, -0.25) is 4.79 Å². The minimum atomic E-state index is -1.54. The van der Waals surface area contributed by atoms with Gasteiger partial charge in [-0.2, -0.15) is 0 Å². The molecule has 0 saturated heterocycles. The summed E-state index contributed by atoms with van der Waals surface area (Å²) in [6, 6.07) is 9.80. The van der Waals surface area contributed by atoms with Crippen LogP contribution in [0.2, 0.25) is 0 Å². The quantitative estimate of drug-likeness (QED) is 0.661. The summed E-state index contributed by atoms with van der Waals surface area (Å²) in [5.74, 6) is -1.58. The lowest BCUT2D eigenvalue weighted by molar-refractivity contribution is -0.146. The van der Waals surface area contributed by atoms with Crippen LogP contribution in [0.1, 0.15) is 18.4 Å². The van der Waals surface area contributed by atoms with E-state index < -0.39 is 12.1 Å². The van der Waals surface area contributed by atoms with Crippen molar-refractivity contribution in [3.8, 4) is 0 Å². The number of carbonyl (C=O) groups is 2. The van der Waals surface area contributed by atoms with Gasteiger partial charge in [0.05, 0.1) is 6.54 Å². The van der Waals surface area contributed by atoms with Gasteiger partial charge in [0.15, 0.2) is 6.10 Å². The summed E-state index contributed by atoms with van der Waals surface area (Å²) in [4.78, 5) is 21.7. The highest BCUT2D eigenvalue weighted by Crippen LogP contribution is 2.04. The predicted molar refractivity (Wildman–Crippen MR) is 66.0 cm³/mol. The minimum Gasteiger partial charge on any atom is -0.479 e. The van der Waals surface area contributed by atoms with Gasteiger partial charge in [-0.05, 0) is 18.4 Å². The number of aliphatic hydroxyl groups excluding tert-OH is 1. The fraction of sp³-hybridized carbons (Fsp3) is 0.385. The topological polar surface area (TPSA) is 86.6 Å². The van der Waals surface area contributed by atoms with Crippen molar-refractivity contribution in [3.05, 3.63) is 35.9 Å². The van der Waals surface area contributed by atoms with E-state index in [1.54, 1.807) is 0 Å². The summed E-state index contributed by atoms with van der Waals surface area (Å²) in [5.41, 5.74) is 1.16. The Morgan fingerprint density at radius 1 is 1.22 bits per heavy atom. The van der Waals surface area contributed by atoms with E-state index in [1.165, 1.54) is 0 Å². The number of amides is 1. The van der Waals surface area contributed by atoms with Gasteiger partial charge in [-0.25, -0.2) is 4.79 Å². The summed E-state index contributed by atoms with van der Waals surface area (Å²) in [6.45, 7) is -0.250. The molecule has 1 aromatic rings. The molecule has 0 aliphatic carbocycles. The van der Waals surface area contributed by atoms with Gasteiger partial charge in [0.2, 0.25) is 5.91 Å². The second-order valence-corrected chi connectivity index (χ2v) is 4.00. The van der Waals surface area contributed by atoms with Crippen LogP contribution in [0.4, 0.5) is 0 Å². The summed E-state index contributed by atoms with van der Waals surface area (Å²) >= 11 is 0. The summed E-state index contributed by atoms with van der Waals surface area (Å²) in [7, 11) is 0. The first-order chi connectivity index (χ1) is 8.59. The van der Waals surface area contributed by atoms with Crippen LogP contribution in [0.25, 0.3) is 0 Å². The second-order valence-electron chi connectivity index (χ2n) is 4.00. The lowest BCUT2D eigenvalue weighted by Gasteiger charge is -2.07. The van der Waals surface area contributed by atoms with Crippen molar-refractivity contribution < 1.29 is 19.8 Å². The zero-order valence-electron chi connectivity index (χ0n) is 10.0. The second kappa shape index (κ2) is 7.45. The third-order valence-corrected chi connectivity index (χ3v) is 2.49. The van der Waals surface area contributed by atoms with E-state index in [9.17, 15) is 9.59 Å². The Bertz CT molecular complexity index is 391. The van der Waals surface area contributed by atoms with E-state index in [4.69, 9.17) is 10.2 Å². The molecule has 1 aromatic carbocycles. The molecule has 0 heterocycles. The molecular weight excluding hydrogens is 234 g/mol. The molecule has 3 N–H and O–H groups in total. The van der Waals surface area contributed by atoms with Crippen molar-refractivity contribution in [2.24, 2.45) is 0 Å². The van der Waals surface area contributed by atoms with Gasteiger partial charge >= 0.3 is 5.97 Å². The van der Waals surface area contributed by atoms with E-state index in [-0.39, 0.29) is 12.5 Å². The van der Waals surface area contributed by atoms with E-state index in [1.807, 2.05) is 30.3 Å². The molecule has 98 valence electrons. The number of rotatable bonds is 7. The Labute approximate surface area is 105 Å². The maximum atomic E-state index is 11.3. The molecule has 0 aromatic heterocycles. The number of hydrogen-bond donors (Lipinski definition) is 3. The van der Waals surface area contributed by atoms with Gasteiger partial charge in [0.25, 0.3) is 0 Å². The summed E-state index contributed by atoms with van der Waals surface area (Å²) in [5, 5.41) is 19.8. The standard InChI is InChI=1S/C13H17NO4/c15-11(13(17)18)9-14-12(16)8-4-7-10-5-2-1-3-6-10/h1-3,5-6,11,15H,4,7-9H2,(H,14,16)(H,17,18). The molecule has 0 fully saturated rings. The van der Waals surface area contributed by atoms with Gasteiger partial charge < -0.3 is 15.5 Å². The first-order valence-corrected chi connectivity index (χ1v) is 5.81. The van der Waals surface area contributed by atoms with Crippen LogP contribution in [0.15, 0.2) is 30.3 Å². The fourth-order valence-corrected chi connectivity index (χ4v) is 1.48. The lowest BCUT2D eigenvalue weighted by atomic mass is 10.1. The molecule has 1 unspecified atom stereocenters. The third kappa shape index (κ3) is 5.45. The van der Waals surface area contributed by atoms with Crippen LogP contribution in [-0.2, 0) is 16.0 Å². The number of aliphatic carboxylic acids is 1. The number of carboxylic acids is 1. The average Bonchev–Trinajstić information content (AvgIpc) is 2.37. The molecule has 5 nitrogen and oxygen atoms in total. The Balaban J connectivity index is 2.16. The van der Waals surface area contributed by atoms with Crippen LogP contribution in [-0.4, -0.2) is 34.7 Å². The molecule has 0 aliphatic heterocycles. The monoisotopic (exact) mass is 251 g/mol. The van der Waals surface area contributed by atoms with E-state index in [2.05, 4.69) is 5.32 Å². The SMILES string of the molecule is O=C(CCCc1ccccc1)NCC(O)C(=O)O. The molecule has 0 aliphatic rings. The van der Waals surface area contributed by atoms with Crippen molar-refractivity contribution in [3.63, 3.8) is 0 Å². The predicted octanol–water partition coefficient (Wildman–Crippen LogP) is 0.571. The molecular formula is C13H17NO4. The van der Waals surface area contributed by atoms with Crippen molar-refractivity contribution in [2.75, 3.05) is 6.54 Å². The number of benzene rings is 1. The van der Waals surface area contributed by atoms with Crippen LogP contribution in [0, 0.1) is 0 Å². The molecule has 0 spiro atoms. The highest BCUT2D eigenvalue weighted by Gasteiger charge is 2.13. The highest BCUT2D eigenvalue weighted by molar-refractivity contribution is 5.77. The zero-order valence-corrected chi connectivity index (χ0v) is 10.0. The number of carbonyl (C=O) groups excluding carboxylic acids is 1. The number of aryl methyl sites for hydroxylation is 1. The molecule has 1 rings (SSSR count). The maximum absolute atomic E-state index is 11.3. The Morgan fingerprint density at radius 3 is 2.50 bits per heavy atom. The van der Waals surface area contributed by atoms with Crippen molar-refractivity contribution in [2.45, 2.75) is 25.4 Å². The van der Waals surface area contributed by atoms with Crippen LogP contribution < -0.4 is 5.32 Å². The molecule has 18 heavy (non-hydrogen) atoms. The van der Waals surface area contributed by atoms with E-state index in [0.29, 0.717) is 12.8 Å². The molecule has 0 bridgehead atoms. The lowest BCUT2D eigenvalue weighted by Crippen LogP contribution is -2.36. The van der Waals surface area contributed by atoms with Gasteiger partial charge in [0, 0.05) is 6.42 Å². The molecule has 1 amide bonds. The Hall–Kier alpha value is -1.88. The van der Waals surface area contributed by atoms with Crippen LogP contribution in [0.3, 0.4) is 0 Å². The number of hydrogen-bond acceptors (Lipinski definition) is 3. The van der Waals surface area contributed by atoms with Crippen LogP contribution in [0.5, 0.6) is 0 Å². The van der Waals surface area contributed by atoms with Crippen molar-refractivity contribution in [1.29, 1.82) is 0 Å². The first kappa shape index (κ1) is 14.2. The normalized spacial score (nSPS) is 11.8. The fourth-order valence-electron chi connectivity index (χ4n) is 1.48. The maximum Gasteiger partial charge on any atom is 0.334 e. The first-order valence-electron chi connectivity index (χ1n) is 5.81. The largest absolute Gasteiger partial charge is 0.479 e. The summed E-state index contributed by atoms with van der Waals surface area (Å²) < 4.78 is 0. The average molecular weight is 251 g/mol. The van der Waals surface area contributed by atoms with Gasteiger partial charge in [0.1, 0.15) is 0 Å². The third-order valence-electron chi connectivity index (χ3n) is 2.49. The van der Waals surface area contributed by atoms with Crippen molar-refractivity contribution in [1.82, 2.24) is 5.32 Å². The zero-order chi connectivity index (χ0) is 13.4. The molecule has 5 heteroatoms. The van der Waals surface area contributed by atoms with Gasteiger partial charge in [-0.15, -0.1) is 0 Å². The van der Waals surface area contributed by atoms with Crippen LogP contribution >= 0.6 is 0 Å². The smallest absolute Gasteiger partial charge is 0.334 e. The number of carboxylic acid groups (broad SMARTS) is 1. The van der Waals surface area contributed by atoms with Crippen molar-refractivity contribution >= 4 is 11.9 Å². The summed E-state index contributed by atoms with van der Waals surface area (Å²) in [6.07, 6.45) is 0.277. The Morgan fingerprint density at radius 2 is 1.89 bits per heavy atom. The molecule has 0 radical (unpaired) electrons. The minimum absolute atomic E-state index is 0.244. The van der Waals surface area contributed by atoms with Gasteiger partial charge in [-0.1, -0.05) is 30.3 Å². The molecule has 0 saturated carbocycles. The molecule has 1 atom stereocenters. The van der Waals surface area contributed by atoms with E-state index in [0.717, 1.165) is 12.0 Å². The van der Waals surface area contributed by atoms with E-state index >= 15 is 0 Å². The Kier molecular flexibility index (Phi) is 5.87. The number of nitrogens with one attached hydrogen (secondary N) is 1. The highest BCUT2D eigenvalue weighted by atomic mass is 16.4.